The van der Waals surface area contributed by atoms with Crippen LogP contribution >= 0.6 is 0 Å². The molecule has 1 atom stereocenters. The number of ether oxygens (including phenoxy) is 1. The number of methoxy groups -OCH3 is 1. The number of hydrogen-bond donors (Lipinski definition) is 0. The number of likely N-dealkylation sites (tertiary alicyclic amines) is 1. The number of hydrogen-bond acceptors (Lipinski definition) is 2. The lowest BCUT2D eigenvalue weighted by Crippen LogP contribution is -2.37. The maximum absolute atomic E-state index is 13.0. The van der Waals surface area contributed by atoms with E-state index in [1.807, 2.05) is 17.0 Å². The van der Waals surface area contributed by atoms with E-state index in [2.05, 4.69) is 0 Å². The van der Waals surface area contributed by atoms with Gasteiger partial charge in [-0.2, -0.15) is 0 Å². The van der Waals surface area contributed by atoms with Crippen molar-refractivity contribution in [3.63, 3.8) is 0 Å². The molecule has 0 radical (unpaired) electrons. The molecule has 2 aromatic carbocycles. The van der Waals surface area contributed by atoms with Gasteiger partial charge in [0.1, 0.15) is 11.6 Å². The Hall–Kier alpha value is -2.36. The SMILES string of the molecule is COc1ccccc1C(=O)N1CCCC1Cc1ccc(F)cc1. The van der Waals surface area contributed by atoms with Crippen LogP contribution < -0.4 is 4.74 Å². The molecule has 1 amide bonds. The van der Waals surface area contributed by atoms with Gasteiger partial charge < -0.3 is 9.64 Å². The van der Waals surface area contributed by atoms with E-state index in [4.69, 9.17) is 4.74 Å². The van der Waals surface area contributed by atoms with Gasteiger partial charge in [-0.05, 0) is 49.1 Å². The fourth-order valence-electron chi connectivity index (χ4n) is 3.18. The predicted octanol–water partition coefficient (Wildman–Crippen LogP) is 3.68. The molecule has 0 aliphatic carbocycles. The molecule has 23 heavy (non-hydrogen) atoms. The van der Waals surface area contributed by atoms with Crippen LogP contribution in [-0.2, 0) is 6.42 Å². The van der Waals surface area contributed by atoms with Crippen LogP contribution in [0.25, 0.3) is 0 Å². The van der Waals surface area contributed by atoms with Crippen LogP contribution in [0.1, 0.15) is 28.8 Å². The van der Waals surface area contributed by atoms with E-state index in [1.54, 1.807) is 31.4 Å². The molecule has 3 rings (SSSR count). The molecular weight excluding hydrogens is 293 g/mol. The fraction of sp³-hybridized carbons (Fsp3) is 0.316. The minimum absolute atomic E-state index is 0.00654. The standard InChI is InChI=1S/C19H20FNO2/c1-23-18-7-3-2-6-17(18)19(22)21-12-4-5-16(21)13-14-8-10-15(20)11-9-14/h2-3,6-11,16H,4-5,12-13H2,1H3. The molecule has 1 unspecified atom stereocenters. The minimum atomic E-state index is -0.234. The summed E-state index contributed by atoms with van der Waals surface area (Å²) in [5, 5.41) is 0. The highest BCUT2D eigenvalue weighted by Gasteiger charge is 2.30. The maximum Gasteiger partial charge on any atom is 0.257 e. The smallest absolute Gasteiger partial charge is 0.257 e. The first-order valence-electron chi connectivity index (χ1n) is 7.87. The molecule has 1 heterocycles. The van der Waals surface area contributed by atoms with Gasteiger partial charge in [0.25, 0.3) is 5.91 Å². The van der Waals surface area contributed by atoms with Crippen LogP contribution in [0.4, 0.5) is 4.39 Å². The van der Waals surface area contributed by atoms with Gasteiger partial charge in [-0.1, -0.05) is 24.3 Å². The first-order valence-corrected chi connectivity index (χ1v) is 7.87. The van der Waals surface area contributed by atoms with Gasteiger partial charge in [0.05, 0.1) is 12.7 Å². The third kappa shape index (κ3) is 3.36. The Morgan fingerprint density at radius 3 is 2.70 bits per heavy atom. The number of halogens is 1. The fourth-order valence-corrected chi connectivity index (χ4v) is 3.18. The van der Waals surface area contributed by atoms with Crippen molar-refractivity contribution in [2.24, 2.45) is 0 Å². The van der Waals surface area contributed by atoms with Gasteiger partial charge in [0, 0.05) is 12.6 Å². The van der Waals surface area contributed by atoms with E-state index in [1.165, 1.54) is 12.1 Å². The molecule has 120 valence electrons. The van der Waals surface area contributed by atoms with E-state index in [-0.39, 0.29) is 17.8 Å². The first kappa shape index (κ1) is 15.5. The number of amides is 1. The summed E-state index contributed by atoms with van der Waals surface area (Å²) in [4.78, 5) is 14.8. The summed E-state index contributed by atoms with van der Waals surface area (Å²) in [7, 11) is 1.58. The second-order valence-electron chi connectivity index (χ2n) is 5.83. The minimum Gasteiger partial charge on any atom is -0.496 e. The van der Waals surface area contributed by atoms with Crippen molar-refractivity contribution in [2.45, 2.75) is 25.3 Å². The zero-order chi connectivity index (χ0) is 16.2. The van der Waals surface area contributed by atoms with E-state index in [0.717, 1.165) is 31.4 Å². The molecule has 1 aliphatic rings. The van der Waals surface area contributed by atoms with Gasteiger partial charge in [-0.25, -0.2) is 4.39 Å². The lowest BCUT2D eigenvalue weighted by Gasteiger charge is -2.25. The van der Waals surface area contributed by atoms with Crippen molar-refractivity contribution in [1.29, 1.82) is 0 Å². The molecule has 2 aromatic rings. The highest BCUT2D eigenvalue weighted by atomic mass is 19.1. The predicted molar refractivity (Wildman–Crippen MR) is 87.2 cm³/mol. The topological polar surface area (TPSA) is 29.5 Å². The first-order chi connectivity index (χ1) is 11.2. The number of carbonyl (C=O) groups is 1. The molecule has 1 fully saturated rings. The maximum atomic E-state index is 13.0. The molecule has 0 spiro atoms. The lowest BCUT2D eigenvalue weighted by atomic mass is 10.0. The van der Waals surface area contributed by atoms with Crippen molar-refractivity contribution in [2.75, 3.05) is 13.7 Å². The Labute approximate surface area is 135 Å². The number of benzene rings is 2. The van der Waals surface area contributed by atoms with Gasteiger partial charge in [0.2, 0.25) is 0 Å². The average Bonchev–Trinajstić information content (AvgIpc) is 3.04. The second kappa shape index (κ2) is 6.82. The quantitative estimate of drug-likeness (QED) is 0.862. The molecule has 4 heteroatoms. The molecule has 0 saturated carbocycles. The lowest BCUT2D eigenvalue weighted by molar-refractivity contribution is 0.0733. The Morgan fingerprint density at radius 1 is 1.22 bits per heavy atom. The van der Waals surface area contributed by atoms with Crippen molar-refractivity contribution >= 4 is 5.91 Å². The Balaban J connectivity index is 1.78. The molecule has 3 nitrogen and oxygen atoms in total. The Kier molecular flexibility index (Phi) is 4.60. The average molecular weight is 313 g/mol. The van der Waals surface area contributed by atoms with Crippen molar-refractivity contribution in [3.05, 3.63) is 65.5 Å². The molecule has 1 saturated heterocycles. The van der Waals surface area contributed by atoms with Gasteiger partial charge in [-0.15, -0.1) is 0 Å². The largest absolute Gasteiger partial charge is 0.496 e. The van der Waals surface area contributed by atoms with Crippen LogP contribution in [0.15, 0.2) is 48.5 Å². The molecule has 1 aliphatic heterocycles. The summed E-state index contributed by atoms with van der Waals surface area (Å²) in [5.74, 6) is 0.374. The second-order valence-corrected chi connectivity index (χ2v) is 5.83. The van der Waals surface area contributed by atoms with Gasteiger partial charge in [0.15, 0.2) is 0 Å². The molecule has 0 bridgehead atoms. The van der Waals surface area contributed by atoms with E-state index in [0.29, 0.717) is 11.3 Å². The monoisotopic (exact) mass is 313 g/mol. The van der Waals surface area contributed by atoms with Crippen LogP contribution in [0.5, 0.6) is 5.75 Å². The molecule has 0 N–H and O–H groups in total. The summed E-state index contributed by atoms with van der Waals surface area (Å²) in [6, 6.07) is 14.0. The summed E-state index contributed by atoms with van der Waals surface area (Å²) in [5.41, 5.74) is 1.65. The van der Waals surface area contributed by atoms with Crippen molar-refractivity contribution in [1.82, 2.24) is 4.90 Å². The normalized spacial score (nSPS) is 17.3. The summed E-state index contributed by atoms with van der Waals surface area (Å²) < 4.78 is 18.3. The van der Waals surface area contributed by atoms with Crippen LogP contribution in [-0.4, -0.2) is 30.5 Å². The highest BCUT2D eigenvalue weighted by Crippen LogP contribution is 2.26. The van der Waals surface area contributed by atoms with Crippen LogP contribution in [0.3, 0.4) is 0 Å². The third-order valence-corrected chi connectivity index (χ3v) is 4.36. The van der Waals surface area contributed by atoms with Crippen LogP contribution in [0, 0.1) is 5.82 Å². The number of carbonyl (C=O) groups excluding carboxylic acids is 1. The third-order valence-electron chi connectivity index (χ3n) is 4.36. The highest BCUT2D eigenvalue weighted by molar-refractivity contribution is 5.97. The van der Waals surface area contributed by atoms with Crippen LogP contribution in [0.2, 0.25) is 0 Å². The van der Waals surface area contributed by atoms with E-state index >= 15 is 0 Å². The van der Waals surface area contributed by atoms with Gasteiger partial charge >= 0.3 is 0 Å². The number of rotatable bonds is 4. The number of nitrogens with zero attached hydrogens (tertiary/aromatic N) is 1. The van der Waals surface area contributed by atoms with E-state index < -0.39 is 0 Å². The van der Waals surface area contributed by atoms with Crippen molar-refractivity contribution in [3.8, 4) is 5.75 Å². The van der Waals surface area contributed by atoms with E-state index in [9.17, 15) is 9.18 Å². The Morgan fingerprint density at radius 2 is 1.96 bits per heavy atom. The zero-order valence-electron chi connectivity index (χ0n) is 13.2. The number of para-hydroxylation sites is 1. The van der Waals surface area contributed by atoms with Crippen molar-refractivity contribution < 1.29 is 13.9 Å². The molecular formula is C19H20FNO2. The van der Waals surface area contributed by atoms with Gasteiger partial charge in [-0.3, -0.25) is 4.79 Å². The zero-order valence-corrected chi connectivity index (χ0v) is 13.2. The molecule has 0 aromatic heterocycles. The summed E-state index contributed by atoms with van der Waals surface area (Å²) in [6.07, 6.45) is 2.71. The summed E-state index contributed by atoms with van der Waals surface area (Å²) >= 11 is 0. The summed E-state index contributed by atoms with van der Waals surface area (Å²) in [6.45, 7) is 0.753. The Bertz CT molecular complexity index is 684.